The molecule has 0 aliphatic rings. The molecule has 110 valence electrons. The van der Waals surface area contributed by atoms with Crippen molar-refractivity contribution in [1.82, 2.24) is 15.1 Å². The van der Waals surface area contributed by atoms with E-state index in [0.29, 0.717) is 12.1 Å². The van der Waals surface area contributed by atoms with Gasteiger partial charge in [-0.1, -0.05) is 37.3 Å². The van der Waals surface area contributed by atoms with Crippen molar-refractivity contribution >= 4 is 11.9 Å². The number of aromatic amines is 1. The number of aliphatic carboxylic acids is 1. The molecule has 1 unspecified atom stereocenters. The van der Waals surface area contributed by atoms with E-state index in [9.17, 15) is 9.59 Å². The Morgan fingerprint density at radius 1 is 1.33 bits per heavy atom. The maximum absolute atomic E-state index is 12.3. The molecule has 21 heavy (non-hydrogen) atoms. The first kappa shape index (κ1) is 14.8. The molecule has 0 bridgehead atoms. The van der Waals surface area contributed by atoms with Gasteiger partial charge in [0.05, 0.1) is 5.69 Å². The molecule has 2 aromatic rings. The predicted molar refractivity (Wildman–Crippen MR) is 77.8 cm³/mol. The van der Waals surface area contributed by atoms with Gasteiger partial charge in [0.2, 0.25) is 0 Å². The fraction of sp³-hybridized carbons (Fsp3) is 0.267. The molecule has 1 aromatic carbocycles. The first-order chi connectivity index (χ1) is 10.0. The fourth-order valence-electron chi connectivity index (χ4n) is 2.13. The van der Waals surface area contributed by atoms with E-state index >= 15 is 0 Å². The van der Waals surface area contributed by atoms with Crippen molar-refractivity contribution in [1.29, 1.82) is 0 Å². The normalized spacial score (nSPS) is 11.9. The van der Waals surface area contributed by atoms with E-state index in [1.165, 1.54) is 11.9 Å². The van der Waals surface area contributed by atoms with Crippen molar-refractivity contribution in [3.63, 3.8) is 0 Å². The summed E-state index contributed by atoms with van der Waals surface area (Å²) in [7, 11) is 1.48. The molecular weight excluding hydrogens is 270 g/mol. The Bertz CT molecular complexity index is 637. The van der Waals surface area contributed by atoms with E-state index in [2.05, 4.69) is 10.2 Å². The van der Waals surface area contributed by atoms with Crippen molar-refractivity contribution in [3.05, 3.63) is 42.1 Å². The largest absolute Gasteiger partial charge is 0.480 e. The first-order valence-electron chi connectivity index (χ1n) is 6.65. The third-order valence-corrected chi connectivity index (χ3v) is 3.34. The second-order valence-corrected chi connectivity index (χ2v) is 4.71. The lowest BCUT2D eigenvalue weighted by Gasteiger charge is -2.22. The molecule has 1 heterocycles. The van der Waals surface area contributed by atoms with Crippen LogP contribution in [0.25, 0.3) is 11.3 Å². The van der Waals surface area contributed by atoms with Crippen LogP contribution in [-0.4, -0.2) is 45.2 Å². The maximum Gasteiger partial charge on any atom is 0.326 e. The van der Waals surface area contributed by atoms with Crippen LogP contribution in [0.3, 0.4) is 0 Å². The van der Waals surface area contributed by atoms with Crippen LogP contribution in [0.2, 0.25) is 0 Å². The van der Waals surface area contributed by atoms with Gasteiger partial charge in [0.25, 0.3) is 5.91 Å². The van der Waals surface area contributed by atoms with E-state index in [0.717, 1.165) is 5.56 Å². The zero-order valence-corrected chi connectivity index (χ0v) is 11.9. The summed E-state index contributed by atoms with van der Waals surface area (Å²) in [6.07, 6.45) is 0.344. The van der Waals surface area contributed by atoms with Gasteiger partial charge in [0.15, 0.2) is 0 Å². The average molecular weight is 287 g/mol. The summed E-state index contributed by atoms with van der Waals surface area (Å²) in [6, 6.07) is 10.2. The summed E-state index contributed by atoms with van der Waals surface area (Å²) in [5.41, 5.74) is 1.81. The number of aromatic nitrogens is 2. The van der Waals surface area contributed by atoms with Crippen LogP contribution in [0.5, 0.6) is 0 Å². The molecule has 6 heteroatoms. The highest BCUT2D eigenvalue weighted by Gasteiger charge is 2.26. The number of carboxylic acid groups (broad SMARTS) is 1. The fourth-order valence-corrected chi connectivity index (χ4v) is 2.13. The Morgan fingerprint density at radius 2 is 2.00 bits per heavy atom. The summed E-state index contributed by atoms with van der Waals surface area (Å²) in [4.78, 5) is 24.6. The Morgan fingerprint density at radius 3 is 2.57 bits per heavy atom. The third kappa shape index (κ3) is 3.10. The van der Waals surface area contributed by atoms with E-state index in [-0.39, 0.29) is 11.6 Å². The van der Waals surface area contributed by atoms with E-state index in [4.69, 9.17) is 5.11 Å². The molecule has 1 atom stereocenters. The molecule has 0 aliphatic heterocycles. The van der Waals surface area contributed by atoms with Crippen molar-refractivity contribution in [2.24, 2.45) is 0 Å². The highest BCUT2D eigenvalue weighted by Crippen LogP contribution is 2.18. The van der Waals surface area contributed by atoms with Gasteiger partial charge in [-0.25, -0.2) is 4.79 Å². The van der Waals surface area contributed by atoms with Crippen molar-refractivity contribution in [3.8, 4) is 11.3 Å². The van der Waals surface area contributed by atoms with E-state index in [1.807, 2.05) is 30.3 Å². The smallest absolute Gasteiger partial charge is 0.326 e. The van der Waals surface area contributed by atoms with Crippen LogP contribution in [0.1, 0.15) is 23.8 Å². The molecular formula is C15H17N3O3. The molecule has 6 nitrogen and oxygen atoms in total. The second-order valence-electron chi connectivity index (χ2n) is 4.71. The lowest BCUT2D eigenvalue weighted by atomic mass is 10.1. The van der Waals surface area contributed by atoms with Gasteiger partial charge in [0.1, 0.15) is 11.7 Å². The minimum Gasteiger partial charge on any atom is -0.480 e. The number of likely N-dealkylation sites (N-methyl/N-ethyl adjacent to an activating group) is 1. The molecule has 1 amide bonds. The molecule has 2 rings (SSSR count). The number of carboxylic acids is 1. The number of amides is 1. The average Bonchev–Trinajstić information content (AvgIpc) is 2.97. The monoisotopic (exact) mass is 287 g/mol. The van der Waals surface area contributed by atoms with E-state index < -0.39 is 12.0 Å². The zero-order chi connectivity index (χ0) is 15.4. The topological polar surface area (TPSA) is 86.3 Å². The van der Waals surface area contributed by atoms with Gasteiger partial charge in [0, 0.05) is 12.6 Å². The summed E-state index contributed by atoms with van der Waals surface area (Å²) in [6.45, 7) is 1.73. The molecule has 0 aliphatic carbocycles. The number of carbonyl (C=O) groups is 2. The number of nitrogens with zero attached hydrogens (tertiary/aromatic N) is 2. The Balaban J connectivity index is 2.21. The van der Waals surface area contributed by atoms with Crippen molar-refractivity contribution in [2.45, 2.75) is 19.4 Å². The third-order valence-electron chi connectivity index (χ3n) is 3.34. The van der Waals surface area contributed by atoms with Crippen LogP contribution in [0.15, 0.2) is 36.4 Å². The number of nitrogens with one attached hydrogen (secondary N) is 1. The van der Waals surface area contributed by atoms with Gasteiger partial charge in [-0.05, 0) is 12.5 Å². The minimum atomic E-state index is -1.02. The SMILES string of the molecule is CCC(C(=O)O)N(C)C(=O)c1cc(-c2ccccc2)n[nH]1. The molecule has 1 aromatic heterocycles. The summed E-state index contributed by atoms with van der Waals surface area (Å²) >= 11 is 0. The second kappa shape index (κ2) is 6.21. The number of hydrogen-bond acceptors (Lipinski definition) is 3. The quantitative estimate of drug-likeness (QED) is 0.880. The summed E-state index contributed by atoms with van der Waals surface area (Å²) in [5.74, 6) is -1.41. The van der Waals surface area contributed by atoms with Crippen LogP contribution >= 0.6 is 0 Å². The van der Waals surface area contributed by atoms with Gasteiger partial charge in [-0.2, -0.15) is 5.10 Å². The van der Waals surface area contributed by atoms with E-state index in [1.54, 1.807) is 13.0 Å². The number of carbonyl (C=O) groups excluding carboxylic acids is 1. The van der Waals surface area contributed by atoms with Crippen molar-refractivity contribution < 1.29 is 14.7 Å². The van der Waals surface area contributed by atoms with Gasteiger partial charge < -0.3 is 10.0 Å². The zero-order valence-electron chi connectivity index (χ0n) is 11.9. The predicted octanol–water partition coefficient (Wildman–Crippen LogP) is 2.01. The molecule has 0 fully saturated rings. The number of hydrogen-bond donors (Lipinski definition) is 2. The number of rotatable bonds is 5. The lowest BCUT2D eigenvalue weighted by Crippen LogP contribution is -2.42. The number of benzene rings is 1. The van der Waals surface area contributed by atoms with Gasteiger partial charge in [-0.15, -0.1) is 0 Å². The molecule has 0 radical (unpaired) electrons. The van der Waals surface area contributed by atoms with Gasteiger partial charge in [-0.3, -0.25) is 9.89 Å². The van der Waals surface area contributed by atoms with Crippen LogP contribution < -0.4 is 0 Å². The van der Waals surface area contributed by atoms with Gasteiger partial charge >= 0.3 is 5.97 Å². The molecule has 0 saturated carbocycles. The molecule has 0 saturated heterocycles. The summed E-state index contributed by atoms with van der Waals surface area (Å²) in [5, 5.41) is 15.9. The van der Waals surface area contributed by atoms with Crippen LogP contribution in [0.4, 0.5) is 0 Å². The molecule has 0 spiro atoms. The van der Waals surface area contributed by atoms with Crippen LogP contribution in [0, 0.1) is 0 Å². The highest BCUT2D eigenvalue weighted by molar-refractivity contribution is 5.95. The number of H-pyrrole nitrogens is 1. The summed E-state index contributed by atoms with van der Waals surface area (Å²) < 4.78 is 0. The maximum atomic E-state index is 12.3. The van der Waals surface area contributed by atoms with Crippen LogP contribution in [-0.2, 0) is 4.79 Å². The Kier molecular flexibility index (Phi) is 4.37. The van der Waals surface area contributed by atoms with Crippen molar-refractivity contribution in [2.75, 3.05) is 7.05 Å². The molecule has 2 N–H and O–H groups in total. The minimum absolute atomic E-state index is 0.274. The standard InChI is InChI=1S/C15H17N3O3/c1-3-13(15(20)21)18(2)14(19)12-9-11(16-17-12)10-7-5-4-6-8-10/h4-9,13H,3H2,1-2H3,(H,16,17)(H,20,21). The lowest BCUT2D eigenvalue weighted by molar-refractivity contribution is -0.142. The highest BCUT2D eigenvalue weighted by atomic mass is 16.4. The Hall–Kier alpha value is -2.63. The Labute approximate surface area is 122 Å². The first-order valence-corrected chi connectivity index (χ1v) is 6.65.